The zero-order valence-corrected chi connectivity index (χ0v) is 36.4. The molecule has 0 spiro atoms. The topological polar surface area (TPSA) is 56.8 Å². The zero-order chi connectivity index (χ0) is 39.3. The first-order chi connectivity index (χ1) is 26.3. The number of unbranched alkanes of at least 4 members (excludes halogenated alkanes) is 2. The van der Waals surface area contributed by atoms with Crippen molar-refractivity contribution in [2.45, 2.75) is 115 Å². The Hall–Kier alpha value is -3.60. The third-order valence-electron chi connectivity index (χ3n) is 12.2. The average molecular weight is 774 g/mol. The van der Waals surface area contributed by atoms with Crippen LogP contribution in [0.1, 0.15) is 87.0 Å². The van der Waals surface area contributed by atoms with Gasteiger partial charge in [0.05, 0.1) is 12.2 Å². The molecule has 1 N–H and O–H groups in total. The maximum Gasteiger partial charge on any atom is 0.261 e. The summed E-state index contributed by atoms with van der Waals surface area (Å²) in [5.41, 5.74) is -0.793. The van der Waals surface area contributed by atoms with Crippen LogP contribution >= 0.6 is 0 Å². The first-order valence-electron chi connectivity index (χ1n) is 20.4. The molecule has 4 aromatic rings. The highest BCUT2D eigenvalue weighted by Gasteiger charge is 2.62. The van der Waals surface area contributed by atoms with Gasteiger partial charge in [-0.25, -0.2) is 0 Å². The molecule has 1 saturated carbocycles. The van der Waals surface area contributed by atoms with E-state index in [1.807, 2.05) is 0 Å². The lowest BCUT2D eigenvalue weighted by Gasteiger charge is -2.46. The first-order valence-corrected chi connectivity index (χ1v) is 24.2. The van der Waals surface area contributed by atoms with Crippen molar-refractivity contribution in [1.82, 2.24) is 5.32 Å². The second-order valence-electron chi connectivity index (χ2n) is 17.8. The van der Waals surface area contributed by atoms with E-state index in [1.54, 1.807) is 7.11 Å². The Bertz CT molecular complexity index is 1780. The summed E-state index contributed by atoms with van der Waals surface area (Å²) in [5.74, 6) is -0.109. The second-order valence-corrected chi connectivity index (χ2v) is 26.3. The molecule has 55 heavy (non-hydrogen) atoms. The Morgan fingerprint density at radius 1 is 0.727 bits per heavy atom. The average Bonchev–Trinajstić information content (AvgIpc) is 3.65. The van der Waals surface area contributed by atoms with Crippen LogP contribution < -0.4 is 26.1 Å². The largest absolute Gasteiger partial charge is 0.404 e. The molecule has 0 bridgehead atoms. The van der Waals surface area contributed by atoms with E-state index in [4.69, 9.17) is 13.6 Å². The van der Waals surface area contributed by atoms with Gasteiger partial charge in [-0.2, -0.15) is 0 Å². The molecule has 0 radical (unpaired) electrons. The van der Waals surface area contributed by atoms with Crippen LogP contribution in [-0.4, -0.2) is 47.6 Å². The highest BCUT2D eigenvalue weighted by Crippen LogP contribution is 2.51. The van der Waals surface area contributed by atoms with Crippen LogP contribution in [0, 0.1) is 11.8 Å². The lowest BCUT2D eigenvalue weighted by molar-refractivity contribution is -0.123. The van der Waals surface area contributed by atoms with Gasteiger partial charge in [-0.05, 0) is 37.2 Å². The summed E-state index contributed by atoms with van der Waals surface area (Å²) in [6.45, 7) is 16.3. The van der Waals surface area contributed by atoms with Crippen molar-refractivity contribution in [3.05, 3.63) is 133 Å². The molecule has 2 fully saturated rings. The molecule has 1 saturated heterocycles. The summed E-state index contributed by atoms with van der Waals surface area (Å²) in [7, 11) is -4.03. The van der Waals surface area contributed by atoms with Gasteiger partial charge < -0.3 is 18.9 Å². The zero-order valence-electron chi connectivity index (χ0n) is 34.4. The number of carbonyl (C=O) groups excluding carboxylic acids is 1. The molecule has 7 heteroatoms. The highest BCUT2D eigenvalue weighted by atomic mass is 28.4. The Morgan fingerprint density at radius 3 is 1.60 bits per heavy atom. The molecule has 5 atom stereocenters. The maximum absolute atomic E-state index is 13.2. The maximum atomic E-state index is 13.2. The van der Waals surface area contributed by atoms with Crippen LogP contribution in [0.25, 0.3) is 0 Å². The normalized spacial score (nSPS) is 22.5. The molecule has 5 nitrogen and oxygen atoms in total. The Balaban J connectivity index is 1.48. The predicted molar refractivity (Wildman–Crippen MR) is 232 cm³/mol. The van der Waals surface area contributed by atoms with E-state index >= 15 is 0 Å². The van der Waals surface area contributed by atoms with E-state index in [-0.39, 0.29) is 40.0 Å². The summed E-state index contributed by atoms with van der Waals surface area (Å²) < 4.78 is 22.0. The summed E-state index contributed by atoms with van der Waals surface area (Å²) in [6, 6.07) is 43.6. The molecule has 292 valence electrons. The van der Waals surface area contributed by atoms with Gasteiger partial charge in [0.1, 0.15) is 5.72 Å². The molecule has 1 aliphatic carbocycles. The van der Waals surface area contributed by atoms with Crippen LogP contribution in [0.4, 0.5) is 0 Å². The number of fused-ring (bicyclic) bond motifs is 1. The van der Waals surface area contributed by atoms with Crippen molar-refractivity contribution >= 4 is 43.3 Å². The number of nitrogens with one attached hydrogen (secondary N) is 1. The molecule has 1 aliphatic heterocycles. The summed E-state index contributed by atoms with van der Waals surface area (Å²) in [5, 5.41) is 7.99. The summed E-state index contributed by atoms with van der Waals surface area (Å²) in [6.07, 6.45) is 9.63. The second kappa shape index (κ2) is 16.9. The van der Waals surface area contributed by atoms with Crippen molar-refractivity contribution in [3.8, 4) is 0 Å². The van der Waals surface area contributed by atoms with E-state index in [1.165, 1.54) is 20.7 Å². The van der Waals surface area contributed by atoms with Gasteiger partial charge in [0.2, 0.25) is 5.91 Å². The number of benzene rings is 4. The predicted octanol–water partition coefficient (Wildman–Crippen LogP) is 8.51. The van der Waals surface area contributed by atoms with Crippen LogP contribution in [0.3, 0.4) is 0 Å². The SMILES string of the molecule is CCCCC[C@@H](C=CC1C(O[Si](c2ccccc2)(c2ccccc2)C(C)(C)C)CC2(OC)NC(=O)CC12)O[Si](c1ccccc1)(c1ccccc1)C(C)(C)C. The fourth-order valence-corrected chi connectivity index (χ4v) is 19.0. The monoisotopic (exact) mass is 773 g/mol. The number of carbonyl (C=O) groups is 1. The van der Waals surface area contributed by atoms with Gasteiger partial charge in [0.25, 0.3) is 16.6 Å². The summed E-state index contributed by atoms with van der Waals surface area (Å²) >= 11 is 0. The van der Waals surface area contributed by atoms with Crippen molar-refractivity contribution in [3.63, 3.8) is 0 Å². The van der Waals surface area contributed by atoms with E-state index in [0.717, 1.165) is 25.7 Å². The number of methoxy groups -OCH3 is 1. The van der Waals surface area contributed by atoms with Crippen LogP contribution in [0.5, 0.6) is 0 Å². The van der Waals surface area contributed by atoms with Crippen LogP contribution in [0.15, 0.2) is 133 Å². The van der Waals surface area contributed by atoms with Gasteiger partial charge >= 0.3 is 0 Å². The van der Waals surface area contributed by atoms with Crippen LogP contribution in [-0.2, 0) is 18.4 Å². The van der Waals surface area contributed by atoms with E-state index in [0.29, 0.717) is 12.8 Å². The minimum absolute atomic E-state index is 0.0391. The molecule has 1 heterocycles. The Morgan fingerprint density at radius 2 is 1.18 bits per heavy atom. The molecular formula is C48H63NO4Si2. The lowest BCUT2D eigenvalue weighted by atomic mass is 9.89. The fourth-order valence-electron chi connectivity index (χ4n) is 9.63. The van der Waals surface area contributed by atoms with E-state index in [9.17, 15) is 4.79 Å². The molecule has 4 unspecified atom stereocenters. The third kappa shape index (κ3) is 8.01. The highest BCUT2D eigenvalue weighted by molar-refractivity contribution is 7.00. The number of rotatable bonds is 15. The van der Waals surface area contributed by atoms with Crippen molar-refractivity contribution < 1.29 is 18.4 Å². The number of hydrogen-bond acceptors (Lipinski definition) is 4. The third-order valence-corrected chi connectivity index (χ3v) is 22.4. The van der Waals surface area contributed by atoms with Crippen molar-refractivity contribution in [2.75, 3.05) is 7.11 Å². The lowest BCUT2D eigenvalue weighted by Crippen LogP contribution is -2.68. The number of amides is 1. The Labute approximate surface area is 333 Å². The molecule has 6 rings (SSSR count). The minimum atomic E-state index is -2.93. The minimum Gasteiger partial charge on any atom is -0.404 e. The molecule has 4 aromatic carbocycles. The van der Waals surface area contributed by atoms with Crippen molar-refractivity contribution in [2.24, 2.45) is 11.8 Å². The van der Waals surface area contributed by atoms with E-state index in [2.05, 4.69) is 187 Å². The molecule has 1 amide bonds. The number of hydrogen-bond donors (Lipinski definition) is 1. The quantitative estimate of drug-likeness (QED) is 0.0749. The standard InChI is InChI=1S/C48H63NO4Si2/c1-9-10-15-24-37(52-54(46(2,3)4,38-25-16-11-17-26-38)39-27-18-12-19-28-39)33-34-42-43-35-45(50)49-48(43,51-8)36-44(42)53-55(47(5,6)7,40-29-20-13-21-30-40)41-31-22-14-23-32-41/h11-14,16-23,25-34,37,42-44H,9-10,15,24,35-36H2,1-8H3,(H,49,50)/t37-,42?,43?,44?,48?/m0/s1. The molecular weight excluding hydrogens is 711 g/mol. The van der Waals surface area contributed by atoms with Crippen LogP contribution in [0.2, 0.25) is 10.1 Å². The molecule has 0 aromatic heterocycles. The van der Waals surface area contributed by atoms with Crippen molar-refractivity contribution in [1.29, 1.82) is 0 Å². The van der Waals surface area contributed by atoms with Gasteiger partial charge in [-0.1, -0.05) is 201 Å². The fraction of sp³-hybridized carbons (Fsp3) is 0.438. The number of ether oxygens (including phenoxy) is 1. The molecule has 2 aliphatic rings. The van der Waals surface area contributed by atoms with Gasteiger partial charge in [-0.3, -0.25) is 4.79 Å². The smallest absolute Gasteiger partial charge is 0.261 e. The van der Waals surface area contributed by atoms with Gasteiger partial charge in [0.15, 0.2) is 0 Å². The van der Waals surface area contributed by atoms with Gasteiger partial charge in [0, 0.05) is 31.8 Å². The first kappa shape index (κ1) is 41.0. The van der Waals surface area contributed by atoms with Gasteiger partial charge in [-0.15, -0.1) is 0 Å². The summed E-state index contributed by atoms with van der Waals surface area (Å²) in [4.78, 5) is 13.2. The Kier molecular flexibility index (Phi) is 12.6. The van der Waals surface area contributed by atoms with E-state index < -0.39 is 22.4 Å².